The largest absolute Gasteiger partial charge is 0.389 e. The summed E-state index contributed by atoms with van der Waals surface area (Å²) in [5.41, 5.74) is 0.376. The standard InChI is InChI=1S/C15H22Cl2N2O/c1-15(2,20)11-19-8-6-18(7-9-19)10-12-13(16)4-3-5-14(12)17/h3-5,20H,6-11H2,1-2H3. The van der Waals surface area contributed by atoms with E-state index in [1.165, 1.54) is 0 Å². The highest BCUT2D eigenvalue weighted by Crippen LogP contribution is 2.26. The topological polar surface area (TPSA) is 26.7 Å². The van der Waals surface area contributed by atoms with Crippen molar-refractivity contribution in [1.82, 2.24) is 9.80 Å². The summed E-state index contributed by atoms with van der Waals surface area (Å²) >= 11 is 12.4. The van der Waals surface area contributed by atoms with E-state index in [0.717, 1.165) is 48.3 Å². The van der Waals surface area contributed by atoms with Crippen molar-refractivity contribution < 1.29 is 5.11 Å². The fraction of sp³-hybridized carbons (Fsp3) is 0.600. The van der Waals surface area contributed by atoms with E-state index in [1.807, 2.05) is 32.0 Å². The Balaban J connectivity index is 1.89. The molecule has 1 aliphatic heterocycles. The fourth-order valence-electron chi connectivity index (χ4n) is 2.56. The van der Waals surface area contributed by atoms with Crippen LogP contribution >= 0.6 is 23.2 Å². The van der Waals surface area contributed by atoms with Crippen molar-refractivity contribution in [3.63, 3.8) is 0 Å². The van der Waals surface area contributed by atoms with Gasteiger partial charge in [-0.15, -0.1) is 0 Å². The van der Waals surface area contributed by atoms with Crippen molar-refractivity contribution in [1.29, 1.82) is 0 Å². The van der Waals surface area contributed by atoms with Gasteiger partial charge in [0.15, 0.2) is 0 Å². The Bertz CT molecular complexity index is 431. The van der Waals surface area contributed by atoms with Gasteiger partial charge in [0.25, 0.3) is 0 Å². The summed E-state index contributed by atoms with van der Waals surface area (Å²) in [6.07, 6.45) is 0. The van der Waals surface area contributed by atoms with Gasteiger partial charge in [-0.25, -0.2) is 0 Å². The van der Waals surface area contributed by atoms with Gasteiger partial charge in [0.1, 0.15) is 0 Å². The maximum atomic E-state index is 9.85. The molecular formula is C15H22Cl2N2O. The van der Waals surface area contributed by atoms with Crippen LogP contribution in [0.2, 0.25) is 10.0 Å². The summed E-state index contributed by atoms with van der Waals surface area (Å²) in [6.45, 7) is 9.07. The number of benzene rings is 1. The number of halogens is 2. The monoisotopic (exact) mass is 316 g/mol. The summed E-state index contributed by atoms with van der Waals surface area (Å²) in [5.74, 6) is 0. The summed E-state index contributed by atoms with van der Waals surface area (Å²) in [5, 5.41) is 11.3. The molecule has 2 rings (SSSR count). The molecule has 0 atom stereocenters. The predicted molar refractivity (Wildman–Crippen MR) is 84.5 cm³/mol. The van der Waals surface area contributed by atoms with E-state index >= 15 is 0 Å². The summed E-state index contributed by atoms with van der Waals surface area (Å²) in [6, 6.07) is 5.63. The van der Waals surface area contributed by atoms with E-state index < -0.39 is 5.60 Å². The Labute approximate surface area is 131 Å². The van der Waals surface area contributed by atoms with Crippen molar-refractivity contribution in [2.75, 3.05) is 32.7 Å². The minimum absolute atomic E-state index is 0.631. The number of β-amino-alcohol motifs (C(OH)–C–C–N with tert-alkyl or cyclic N) is 1. The van der Waals surface area contributed by atoms with Crippen LogP contribution in [0.1, 0.15) is 19.4 Å². The Morgan fingerprint density at radius 2 is 1.55 bits per heavy atom. The lowest BCUT2D eigenvalue weighted by molar-refractivity contribution is 0.0167. The van der Waals surface area contributed by atoms with Crippen LogP contribution in [0.4, 0.5) is 0 Å². The number of piperazine rings is 1. The van der Waals surface area contributed by atoms with Gasteiger partial charge < -0.3 is 5.11 Å². The van der Waals surface area contributed by atoms with E-state index in [0.29, 0.717) is 6.54 Å². The molecule has 0 radical (unpaired) electrons. The molecule has 1 N–H and O–H groups in total. The molecule has 1 aliphatic rings. The van der Waals surface area contributed by atoms with Crippen LogP contribution in [0.3, 0.4) is 0 Å². The van der Waals surface area contributed by atoms with Crippen LogP contribution in [0.15, 0.2) is 18.2 Å². The second-order valence-electron chi connectivity index (χ2n) is 6.06. The van der Waals surface area contributed by atoms with Gasteiger partial charge in [-0.3, -0.25) is 9.80 Å². The molecule has 0 amide bonds. The highest BCUT2D eigenvalue weighted by Gasteiger charge is 2.23. The molecule has 5 heteroatoms. The first kappa shape index (κ1) is 16.1. The molecule has 20 heavy (non-hydrogen) atoms. The summed E-state index contributed by atoms with van der Waals surface area (Å²) in [4.78, 5) is 4.65. The highest BCUT2D eigenvalue weighted by molar-refractivity contribution is 6.35. The quantitative estimate of drug-likeness (QED) is 0.925. The zero-order valence-corrected chi connectivity index (χ0v) is 13.6. The van der Waals surface area contributed by atoms with Crippen LogP contribution in [0.5, 0.6) is 0 Å². The average Bonchev–Trinajstić information content (AvgIpc) is 2.34. The van der Waals surface area contributed by atoms with Gasteiger partial charge in [-0.1, -0.05) is 29.3 Å². The van der Waals surface area contributed by atoms with E-state index in [4.69, 9.17) is 23.2 Å². The molecule has 0 spiro atoms. The Morgan fingerprint density at radius 3 is 2.05 bits per heavy atom. The molecule has 0 aliphatic carbocycles. The Morgan fingerprint density at radius 1 is 1.05 bits per heavy atom. The molecule has 1 heterocycles. The van der Waals surface area contributed by atoms with Crippen molar-refractivity contribution in [3.8, 4) is 0 Å². The van der Waals surface area contributed by atoms with Crippen LogP contribution in [0, 0.1) is 0 Å². The maximum absolute atomic E-state index is 9.85. The van der Waals surface area contributed by atoms with Gasteiger partial charge in [0.2, 0.25) is 0 Å². The SMILES string of the molecule is CC(C)(O)CN1CCN(Cc2c(Cl)cccc2Cl)CC1. The van der Waals surface area contributed by atoms with Gasteiger partial charge in [-0.2, -0.15) is 0 Å². The number of rotatable bonds is 4. The fourth-order valence-corrected chi connectivity index (χ4v) is 3.08. The normalized spacial score (nSPS) is 18.4. The first-order chi connectivity index (χ1) is 9.35. The molecule has 0 aromatic heterocycles. The molecule has 0 saturated carbocycles. The number of hydrogen-bond acceptors (Lipinski definition) is 3. The van der Waals surface area contributed by atoms with Crippen molar-refractivity contribution in [3.05, 3.63) is 33.8 Å². The second kappa shape index (κ2) is 6.63. The summed E-state index contributed by atoms with van der Waals surface area (Å²) < 4.78 is 0. The third-order valence-corrected chi connectivity index (χ3v) is 4.23. The average molecular weight is 317 g/mol. The molecule has 112 valence electrons. The van der Waals surface area contributed by atoms with Crippen LogP contribution in [-0.2, 0) is 6.54 Å². The molecule has 1 fully saturated rings. The molecule has 0 unspecified atom stereocenters. The van der Waals surface area contributed by atoms with E-state index in [9.17, 15) is 5.11 Å². The molecule has 1 saturated heterocycles. The van der Waals surface area contributed by atoms with Crippen LogP contribution in [-0.4, -0.2) is 53.2 Å². The Kier molecular flexibility index (Phi) is 5.32. The number of aliphatic hydroxyl groups is 1. The lowest BCUT2D eigenvalue weighted by atomic mass is 10.1. The minimum atomic E-state index is -0.631. The van der Waals surface area contributed by atoms with Crippen molar-refractivity contribution in [2.45, 2.75) is 26.0 Å². The van der Waals surface area contributed by atoms with Crippen molar-refractivity contribution in [2.24, 2.45) is 0 Å². The third-order valence-electron chi connectivity index (χ3n) is 3.52. The van der Waals surface area contributed by atoms with Gasteiger partial charge in [0.05, 0.1) is 5.60 Å². The first-order valence-electron chi connectivity index (χ1n) is 6.95. The van der Waals surface area contributed by atoms with Crippen LogP contribution < -0.4 is 0 Å². The van der Waals surface area contributed by atoms with Gasteiger partial charge in [-0.05, 0) is 26.0 Å². The van der Waals surface area contributed by atoms with E-state index in [2.05, 4.69) is 9.80 Å². The minimum Gasteiger partial charge on any atom is -0.389 e. The second-order valence-corrected chi connectivity index (χ2v) is 6.88. The molecule has 3 nitrogen and oxygen atoms in total. The first-order valence-corrected chi connectivity index (χ1v) is 7.71. The Hall–Kier alpha value is -0.320. The van der Waals surface area contributed by atoms with Crippen molar-refractivity contribution >= 4 is 23.2 Å². The number of nitrogens with zero attached hydrogens (tertiary/aromatic N) is 2. The zero-order chi connectivity index (χ0) is 14.8. The third kappa shape index (κ3) is 4.61. The molecular weight excluding hydrogens is 295 g/mol. The van der Waals surface area contributed by atoms with Gasteiger partial charge >= 0.3 is 0 Å². The smallest absolute Gasteiger partial charge is 0.0718 e. The van der Waals surface area contributed by atoms with E-state index in [1.54, 1.807) is 0 Å². The van der Waals surface area contributed by atoms with E-state index in [-0.39, 0.29) is 0 Å². The highest BCUT2D eigenvalue weighted by atomic mass is 35.5. The lowest BCUT2D eigenvalue weighted by Crippen LogP contribution is -2.50. The maximum Gasteiger partial charge on any atom is 0.0718 e. The predicted octanol–water partition coefficient (Wildman–Crippen LogP) is 2.88. The molecule has 0 bridgehead atoms. The molecule has 1 aromatic carbocycles. The summed E-state index contributed by atoms with van der Waals surface area (Å²) in [7, 11) is 0. The van der Waals surface area contributed by atoms with Crippen LogP contribution in [0.25, 0.3) is 0 Å². The van der Waals surface area contributed by atoms with Gasteiger partial charge in [0, 0.05) is 54.9 Å². The zero-order valence-electron chi connectivity index (χ0n) is 12.1. The number of hydrogen-bond donors (Lipinski definition) is 1. The molecule has 1 aromatic rings. The lowest BCUT2D eigenvalue weighted by Gasteiger charge is -2.37.